The summed E-state index contributed by atoms with van der Waals surface area (Å²) in [7, 11) is 3.24. The summed E-state index contributed by atoms with van der Waals surface area (Å²) in [5.41, 5.74) is 1.05. The zero-order chi connectivity index (χ0) is 16.7. The van der Waals surface area contributed by atoms with Gasteiger partial charge in [0.1, 0.15) is 0 Å². The van der Waals surface area contributed by atoms with Crippen LogP contribution in [0.15, 0.2) is 24.4 Å². The highest BCUT2D eigenvalue weighted by Crippen LogP contribution is 2.27. The highest BCUT2D eigenvalue weighted by molar-refractivity contribution is 5.44. The summed E-state index contributed by atoms with van der Waals surface area (Å²) in [6.45, 7) is 4.78. The van der Waals surface area contributed by atoms with Crippen LogP contribution >= 0.6 is 0 Å². The minimum absolute atomic E-state index is 0.304. The van der Waals surface area contributed by atoms with Gasteiger partial charge in [-0.2, -0.15) is 10.1 Å². The Kier molecular flexibility index (Phi) is 5.96. The molecular weight excluding hydrogens is 294 g/mol. The highest BCUT2D eigenvalue weighted by Gasteiger charge is 2.06. The van der Waals surface area contributed by atoms with Crippen molar-refractivity contribution in [3.63, 3.8) is 0 Å². The Bertz CT molecular complexity index is 636. The number of methoxy groups -OCH3 is 2. The second-order valence-corrected chi connectivity index (χ2v) is 5.16. The van der Waals surface area contributed by atoms with Crippen LogP contribution in [0.4, 0.5) is 11.8 Å². The number of rotatable bonds is 8. The zero-order valence-corrected chi connectivity index (χ0v) is 14.0. The molecular formula is C16H23N5O2. The van der Waals surface area contributed by atoms with Crippen LogP contribution in [-0.4, -0.2) is 35.4 Å². The Morgan fingerprint density at radius 2 is 1.96 bits per heavy atom. The van der Waals surface area contributed by atoms with E-state index >= 15 is 0 Å². The van der Waals surface area contributed by atoms with Crippen LogP contribution in [0, 0.1) is 0 Å². The molecule has 0 amide bonds. The van der Waals surface area contributed by atoms with Gasteiger partial charge in [-0.15, -0.1) is 5.10 Å². The van der Waals surface area contributed by atoms with E-state index in [1.165, 1.54) is 0 Å². The molecule has 0 spiro atoms. The van der Waals surface area contributed by atoms with Gasteiger partial charge < -0.3 is 20.1 Å². The third-order valence-corrected chi connectivity index (χ3v) is 3.47. The zero-order valence-electron chi connectivity index (χ0n) is 14.0. The molecule has 0 fully saturated rings. The minimum Gasteiger partial charge on any atom is -0.493 e. The third-order valence-electron chi connectivity index (χ3n) is 3.47. The Morgan fingerprint density at radius 1 is 1.17 bits per heavy atom. The number of nitrogens with zero attached hydrogens (tertiary/aromatic N) is 3. The minimum atomic E-state index is 0.304. The van der Waals surface area contributed by atoms with E-state index in [0.29, 0.717) is 35.9 Å². The molecule has 0 aliphatic heterocycles. The molecule has 0 aliphatic carbocycles. The van der Waals surface area contributed by atoms with Crippen molar-refractivity contribution in [2.24, 2.45) is 0 Å². The number of nitrogens with one attached hydrogen (secondary N) is 2. The molecule has 1 heterocycles. The number of benzene rings is 1. The Hall–Kier alpha value is -2.57. The summed E-state index contributed by atoms with van der Waals surface area (Å²) in [6, 6.07) is 6.09. The molecule has 1 atom stereocenters. The van der Waals surface area contributed by atoms with Crippen LogP contribution in [0.2, 0.25) is 0 Å². The molecule has 2 aromatic rings. The fourth-order valence-corrected chi connectivity index (χ4v) is 1.96. The van der Waals surface area contributed by atoms with Gasteiger partial charge in [0.05, 0.1) is 20.4 Å². The Labute approximate surface area is 136 Å². The lowest BCUT2D eigenvalue weighted by molar-refractivity contribution is 0.354. The molecule has 0 radical (unpaired) electrons. The van der Waals surface area contributed by atoms with Gasteiger partial charge in [0.25, 0.3) is 0 Å². The van der Waals surface area contributed by atoms with Gasteiger partial charge in [0.15, 0.2) is 17.3 Å². The van der Waals surface area contributed by atoms with Crippen molar-refractivity contribution < 1.29 is 9.47 Å². The molecule has 1 aromatic heterocycles. The maximum atomic E-state index is 5.30. The first-order valence-corrected chi connectivity index (χ1v) is 7.57. The van der Waals surface area contributed by atoms with E-state index in [-0.39, 0.29) is 0 Å². The fraction of sp³-hybridized carbons (Fsp3) is 0.438. The molecule has 7 heteroatoms. The van der Waals surface area contributed by atoms with E-state index in [0.717, 1.165) is 12.0 Å². The first-order valence-electron chi connectivity index (χ1n) is 7.57. The SMILES string of the molecule is CCC(C)Nc1nncc(NCc2ccc(OC)c(OC)c2)n1. The average molecular weight is 317 g/mol. The number of hydrogen-bond acceptors (Lipinski definition) is 7. The average Bonchev–Trinajstić information content (AvgIpc) is 2.59. The second kappa shape index (κ2) is 8.17. The van der Waals surface area contributed by atoms with Gasteiger partial charge >= 0.3 is 0 Å². The van der Waals surface area contributed by atoms with Gasteiger partial charge in [-0.1, -0.05) is 13.0 Å². The van der Waals surface area contributed by atoms with Crippen molar-refractivity contribution in [1.29, 1.82) is 0 Å². The fourth-order valence-electron chi connectivity index (χ4n) is 1.96. The summed E-state index contributed by atoms with van der Waals surface area (Å²) in [5.74, 6) is 2.60. The van der Waals surface area contributed by atoms with Crippen molar-refractivity contribution in [3.8, 4) is 11.5 Å². The molecule has 0 bridgehead atoms. The van der Waals surface area contributed by atoms with E-state index in [4.69, 9.17) is 9.47 Å². The van der Waals surface area contributed by atoms with E-state index in [2.05, 4.69) is 39.7 Å². The van der Waals surface area contributed by atoms with Crippen LogP contribution in [0.3, 0.4) is 0 Å². The van der Waals surface area contributed by atoms with Gasteiger partial charge in [-0.25, -0.2) is 0 Å². The summed E-state index contributed by atoms with van der Waals surface area (Å²) in [4.78, 5) is 4.40. The molecule has 23 heavy (non-hydrogen) atoms. The summed E-state index contributed by atoms with van der Waals surface area (Å²) >= 11 is 0. The number of anilines is 2. The lowest BCUT2D eigenvalue weighted by Crippen LogP contribution is -2.16. The van der Waals surface area contributed by atoms with Gasteiger partial charge in [0.2, 0.25) is 5.95 Å². The predicted molar refractivity (Wildman–Crippen MR) is 90.1 cm³/mol. The van der Waals surface area contributed by atoms with Crippen LogP contribution in [0.25, 0.3) is 0 Å². The molecule has 0 saturated carbocycles. The van der Waals surface area contributed by atoms with Gasteiger partial charge in [0, 0.05) is 12.6 Å². The Balaban J connectivity index is 2.02. The highest BCUT2D eigenvalue weighted by atomic mass is 16.5. The largest absolute Gasteiger partial charge is 0.493 e. The molecule has 0 saturated heterocycles. The number of hydrogen-bond donors (Lipinski definition) is 2. The smallest absolute Gasteiger partial charge is 0.244 e. The molecule has 1 unspecified atom stereocenters. The molecule has 124 valence electrons. The normalized spacial score (nSPS) is 11.7. The predicted octanol–water partition coefficient (Wildman–Crippen LogP) is 2.71. The third kappa shape index (κ3) is 4.70. The standard InChI is InChI=1S/C16H23N5O2/c1-5-11(2)19-16-20-15(10-18-21-16)17-9-12-6-7-13(22-3)14(8-12)23-4/h6-8,10-11H,5,9H2,1-4H3,(H2,17,19,20,21). The van der Waals surface area contributed by atoms with Crippen molar-refractivity contribution in [2.45, 2.75) is 32.9 Å². The van der Waals surface area contributed by atoms with Crippen molar-refractivity contribution in [3.05, 3.63) is 30.0 Å². The summed E-state index contributed by atoms with van der Waals surface area (Å²) in [6.07, 6.45) is 2.59. The monoisotopic (exact) mass is 317 g/mol. The van der Waals surface area contributed by atoms with Crippen molar-refractivity contribution in [2.75, 3.05) is 24.9 Å². The molecule has 0 aliphatic rings. The van der Waals surface area contributed by atoms with Gasteiger partial charge in [-0.3, -0.25) is 0 Å². The maximum Gasteiger partial charge on any atom is 0.244 e. The first kappa shape index (κ1) is 16.8. The topological polar surface area (TPSA) is 81.2 Å². The lowest BCUT2D eigenvalue weighted by atomic mass is 10.2. The lowest BCUT2D eigenvalue weighted by Gasteiger charge is -2.12. The summed E-state index contributed by atoms with van der Waals surface area (Å²) in [5, 5.41) is 14.4. The first-order chi connectivity index (χ1) is 11.2. The number of aromatic nitrogens is 3. The van der Waals surface area contributed by atoms with E-state index in [1.807, 2.05) is 18.2 Å². The molecule has 2 rings (SSSR count). The van der Waals surface area contributed by atoms with Crippen LogP contribution in [0.1, 0.15) is 25.8 Å². The van der Waals surface area contributed by atoms with Crippen molar-refractivity contribution >= 4 is 11.8 Å². The van der Waals surface area contributed by atoms with E-state index < -0.39 is 0 Å². The quantitative estimate of drug-likeness (QED) is 0.774. The maximum absolute atomic E-state index is 5.30. The molecule has 2 N–H and O–H groups in total. The summed E-state index contributed by atoms with van der Waals surface area (Å²) < 4.78 is 10.5. The second-order valence-electron chi connectivity index (χ2n) is 5.16. The van der Waals surface area contributed by atoms with Crippen LogP contribution < -0.4 is 20.1 Å². The van der Waals surface area contributed by atoms with E-state index in [1.54, 1.807) is 20.4 Å². The van der Waals surface area contributed by atoms with Crippen molar-refractivity contribution in [1.82, 2.24) is 15.2 Å². The molecule has 1 aromatic carbocycles. The van der Waals surface area contributed by atoms with Crippen LogP contribution in [0.5, 0.6) is 11.5 Å². The van der Waals surface area contributed by atoms with E-state index in [9.17, 15) is 0 Å². The Morgan fingerprint density at radius 3 is 2.65 bits per heavy atom. The number of ether oxygens (including phenoxy) is 2. The van der Waals surface area contributed by atoms with Crippen LogP contribution in [-0.2, 0) is 6.54 Å². The van der Waals surface area contributed by atoms with Gasteiger partial charge in [-0.05, 0) is 31.0 Å². The molecule has 7 nitrogen and oxygen atoms in total.